The van der Waals surface area contributed by atoms with Gasteiger partial charge in [0.1, 0.15) is 16.2 Å². The molecule has 92 valence electrons. The summed E-state index contributed by atoms with van der Waals surface area (Å²) in [6.45, 7) is 0. The molecular weight excluding hydrogens is 274 g/mol. The lowest BCUT2D eigenvalue weighted by Gasteiger charge is -1.97. The van der Waals surface area contributed by atoms with Crippen LogP contribution in [0, 0.1) is 0 Å². The molecule has 4 rings (SSSR count). The Balaban J connectivity index is 2.22. The standard InChI is InChI=1S/C14H9N3S2/c1-18-14-12-11(15-7-16-14)9-6-8-4-2-3-5-10(8)17-13(9)19-12/h2-7H,1H3. The van der Waals surface area contributed by atoms with Crippen molar-refractivity contribution >= 4 is 54.4 Å². The van der Waals surface area contributed by atoms with E-state index >= 15 is 0 Å². The summed E-state index contributed by atoms with van der Waals surface area (Å²) in [5, 5.41) is 3.30. The molecule has 0 N–H and O–H groups in total. The van der Waals surface area contributed by atoms with Crippen LogP contribution in [-0.2, 0) is 0 Å². The number of thioether (sulfide) groups is 1. The first kappa shape index (κ1) is 11.1. The topological polar surface area (TPSA) is 38.7 Å². The number of pyridine rings is 1. The minimum Gasteiger partial charge on any atom is -0.237 e. The van der Waals surface area contributed by atoms with Gasteiger partial charge >= 0.3 is 0 Å². The van der Waals surface area contributed by atoms with Gasteiger partial charge in [-0.1, -0.05) is 18.2 Å². The summed E-state index contributed by atoms with van der Waals surface area (Å²) >= 11 is 3.32. The van der Waals surface area contributed by atoms with Crippen molar-refractivity contribution in [3.05, 3.63) is 36.7 Å². The van der Waals surface area contributed by atoms with Gasteiger partial charge in [0.05, 0.1) is 15.7 Å². The monoisotopic (exact) mass is 283 g/mol. The van der Waals surface area contributed by atoms with Crippen LogP contribution >= 0.6 is 23.1 Å². The number of thiophene rings is 1. The minimum atomic E-state index is 1.01. The largest absolute Gasteiger partial charge is 0.237 e. The fourth-order valence-corrected chi connectivity index (χ4v) is 4.04. The average molecular weight is 283 g/mol. The summed E-state index contributed by atoms with van der Waals surface area (Å²) in [5.74, 6) is 0. The molecule has 0 saturated carbocycles. The maximum absolute atomic E-state index is 4.73. The molecule has 0 aliphatic rings. The average Bonchev–Trinajstić information content (AvgIpc) is 2.82. The molecule has 0 radical (unpaired) electrons. The Morgan fingerprint density at radius 2 is 2.05 bits per heavy atom. The van der Waals surface area contributed by atoms with Crippen molar-refractivity contribution < 1.29 is 0 Å². The van der Waals surface area contributed by atoms with Crippen LogP contribution in [0.25, 0.3) is 31.3 Å². The van der Waals surface area contributed by atoms with Crippen molar-refractivity contribution in [1.29, 1.82) is 0 Å². The molecule has 19 heavy (non-hydrogen) atoms. The van der Waals surface area contributed by atoms with Crippen molar-refractivity contribution in [2.24, 2.45) is 0 Å². The van der Waals surface area contributed by atoms with Crippen LogP contribution in [-0.4, -0.2) is 21.2 Å². The van der Waals surface area contributed by atoms with E-state index in [1.807, 2.05) is 24.5 Å². The van der Waals surface area contributed by atoms with Crippen molar-refractivity contribution in [1.82, 2.24) is 15.0 Å². The molecule has 1 aromatic carbocycles. The van der Waals surface area contributed by atoms with Gasteiger partial charge in [0.25, 0.3) is 0 Å². The fourth-order valence-electron chi connectivity index (χ4n) is 2.23. The number of benzene rings is 1. The van der Waals surface area contributed by atoms with E-state index in [0.717, 1.165) is 36.4 Å². The van der Waals surface area contributed by atoms with Crippen LogP contribution in [0.5, 0.6) is 0 Å². The van der Waals surface area contributed by atoms with E-state index in [2.05, 4.69) is 22.1 Å². The Morgan fingerprint density at radius 1 is 1.16 bits per heavy atom. The Labute approximate surface area is 117 Å². The molecule has 0 amide bonds. The molecule has 5 heteroatoms. The van der Waals surface area contributed by atoms with Gasteiger partial charge in [0.15, 0.2) is 0 Å². The molecule has 3 heterocycles. The zero-order valence-corrected chi connectivity index (χ0v) is 11.8. The van der Waals surface area contributed by atoms with Crippen LogP contribution in [0.2, 0.25) is 0 Å². The SMILES string of the molecule is CSc1ncnc2c1sc1nc3ccccc3cc12. The van der Waals surface area contributed by atoms with Gasteiger partial charge < -0.3 is 0 Å². The van der Waals surface area contributed by atoms with Crippen molar-refractivity contribution in [2.75, 3.05) is 6.26 Å². The number of rotatable bonds is 1. The van der Waals surface area contributed by atoms with Crippen LogP contribution in [0.1, 0.15) is 0 Å². The molecule has 3 nitrogen and oxygen atoms in total. The highest BCUT2D eigenvalue weighted by Gasteiger charge is 2.12. The highest BCUT2D eigenvalue weighted by molar-refractivity contribution is 7.98. The van der Waals surface area contributed by atoms with Gasteiger partial charge in [-0.3, -0.25) is 0 Å². The summed E-state index contributed by atoms with van der Waals surface area (Å²) in [4.78, 5) is 14.5. The normalized spacial score (nSPS) is 11.6. The number of aromatic nitrogens is 3. The third kappa shape index (κ3) is 1.62. The first-order valence-electron chi connectivity index (χ1n) is 5.84. The maximum atomic E-state index is 4.73. The lowest BCUT2D eigenvalue weighted by Crippen LogP contribution is -1.82. The summed E-state index contributed by atoms with van der Waals surface area (Å²) in [5.41, 5.74) is 2.04. The predicted molar refractivity (Wildman–Crippen MR) is 82.0 cm³/mol. The number of fused-ring (bicyclic) bond motifs is 4. The van der Waals surface area contributed by atoms with Crippen LogP contribution in [0.3, 0.4) is 0 Å². The van der Waals surface area contributed by atoms with E-state index in [9.17, 15) is 0 Å². The third-order valence-corrected chi connectivity index (χ3v) is 5.03. The molecule has 0 fully saturated rings. The first-order chi connectivity index (χ1) is 9.36. The quantitative estimate of drug-likeness (QED) is 0.389. The molecule has 4 aromatic rings. The van der Waals surface area contributed by atoms with Crippen LogP contribution in [0.15, 0.2) is 41.7 Å². The smallest absolute Gasteiger partial charge is 0.126 e. The minimum absolute atomic E-state index is 1.01. The van der Waals surface area contributed by atoms with Crippen molar-refractivity contribution in [3.8, 4) is 0 Å². The summed E-state index contributed by atoms with van der Waals surface area (Å²) in [7, 11) is 0. The first-order valence-corrected chi connectivity index (χ1v) is 7.88. The van der Waals surface area contributed by atoms with E-state index in [1.165, 1.54) is 0 Å². The van der Waals surface area contributed by atoms with Gasteiger partial charge in [0.2, 0.25) is 0 Å². The molecule has 3 aromatic heterocycles. The highest BCUT2D eigenvalue weighted by atomic mass is 32.2. The number of hydrogen-bond donors (Lipinski definition) is 0. The molecule has 0 spiro atoms. The molecule has 0 aliphatic heterocycles. The number of nitrogens with zero attached hydrogens (tertiary/aromatic N) is 3. The summed E-state index contributed by atoms with van der Waals surface area (Å²) in [6, 6.07) is 10.4. The van der Waals surface area contributed by atoms with E-state index in [0.29, 0.717) is 0 Å². The lowest BCUT2D eigenvalue weighted by molar-refractivity contribution is 1.11. The van der Waals surface area contributed by atoms with Gasteiger partial charge in [-0.15, -0.1) is 23.1 Å². The van der Waals surface area contributed by atoms with Crippen molar-refractivity contribution in [3.63, 3.8) is 0 Å². The zero-order chi connectivity index (χ0) is 12.8. The maximum Gasteiger partial charge on any atom is 0.126 e. The van der Waals surface area contributed by atoms with Crippen LogP contribution in [0.4, 0.5) is 0 Å². The summed E-state index contributed by atoms with van der Waals surface area (Å²) in [6.07, 6.45) is 3.67. The van der Waals surface area contributed by atoms with Gasteiger partial charge in [0, 0.05) is 10.8 Å². The Kier molecular flexibility index (Phi) is 2.43. The Morgan fingerprint density at radius 3 is 2.95 bits per heavy atom. The number of para-hydroxylation sites is 1. The molecular formula is C14H9N3S2. The Bertz CT molecular complexity index is 914. The predicted octanol–water partition coefficient (Wildman–Crippen LogP) is 4.11. The Hall–Kier alpha value is -1.72. The lowest BCUT2D eigenvalue weighted by atomic mass is 10.2. The van der Waals surface area contributed by atoms with E-state index < -0.39 is 0 Å². The van der Waals surface area contributed by atoms with E-state index in [1.54, 1.807) is 29.4 Å². The molecule has 0 unspecified atom stereocenters. The zero-order valence-electron chi connectivity index (χ0n) is 10.1. The van der Waals surface area contributed by atoms with Gasteiger partial charge in [-0.25, -0.2) is 15.0 Å². The number of hydrogen-bond acceptors (Lipinski definition) is 5. The molecule has 0 bridgehead atoms. The molecule has 0 aliphatic carbocycles. The van der Waals surface area contributed by atoms with E-state index in [-0.39, 0.29) is 0 Å². The fraction of sp³-hybridized carbons (Fsp3) is 0.0714. The van der Waals surface area contributed by atoms with Gasteiger partial charge in [-0.05, 0) is 18.4 Å². The second kappa shape index (κ2) is 4.15. The van der Waals surface area contributed by atoms with Crippen LogP contribution < -0.4 is 0 Å². The summed E-state index contributed by atoms with van der Waals surface area (Å²) < 4.78 is 1.13. The molecule has 0 saturated heterocycles. The van der Waals surface area contributed by atoms with E-state index in [4.69, 9.17) is 4.98 Å². The van der Waals surface area contributed by atoms with Gasteiger partial charge in [-0.2, -0.15) is 0 Å². The van der Waals surface area contributed by atoms with Crippen molar-refractivity contribution in [2.45, 2.75) is 5.03 Å². The third-order valence-electron chi connectivity index (χ3n) is 3.11. The molecule has 0 atom stereocenters. The highest BCUT2D eigenvalue weighted by Crippen LogP contribution is 2.36. The second-order valence-corrected chi connectivity index (χ2v) is 5.99. The second-order valence-electron chi connectivity index (χ2n) is 4.20.